The van der Waals surface area contributed by atoms with E-state index in [2.05, 4.69) is 21.5 Å². The van der Waals surface area contributed by atoms with Crippen molar-refractivity contribution in [1.29, 1.82) is 0 Å². The number of likely N-dealkylation sites (tertiary alicyclic amines) is 1. The molecular weight excluding hydrogens is 448 g/mol. The number of carbonyl (C=O) groups excluding carboxylic acids is 2. The van der Waals surface area contributed by atoms with Crippen molar-refractivity contribution >= 4 is 22.7 Å². The third-order valence-corrected chi connectivity index (χ3v) is 6.05. The molecule has 1 aliphatic heterocycles. The van der Waals surface area contributed by atoms with E-state index in [0.717, 1.165) is 12.8 Å². The summed E-state index contributed by atoms with van der Waals surface area (Å²) < 4.78 is 3.40. The highest BCUT2D eigenvalue weighted by Crippen LogP contribution is 2.33. The molecule has 2 N–H and O–H groups in total. The summed E-state index contributed by atoms with van der Waals surface area (Å²) in [6.45, 7) is 4.65. The molecule has 1 atom stereocenters. The summed E-state index contributed by atoms with van der Waals surface area (Å²) in [6.07, 6.45) is 12.3. The van der Waals surface area contributed by atoms with Crippen LogP contribution in [0.25, 0.3) is 28.1 Å². The molecule has 176 valence electrons. The Balaban J connectivity index is 1.60. The van der Waals surface area contributed by atoms with E-state index in [1.165, 1.54) is 24.4 Å². The van der Waals surface area contributed by atoms with E-state index >= 15 is 0 Å². The normalized spacial score (nSPS) is 15.8. The minimum absolute atomic E-state index is 0.108. The second-order valence-electron chi connectivity index (χ2n) is 8.24. The first-order valence-corrected chi connectivity index (χ1v) is 11.0. The highest BCUT2D eigenvalue weighted by Gasteiger charge is 2.28. The monoisotopic (exact) mass is 470 g/mol. The zero-order chi connectivity index (χ0) is 24.5. The molecule has 11 nitrogen and oxygen atoms in total. The van der Waals surface area contributed by atoms with Gasteiger partial charge in [-0.3, -0.25) is 28.6 Å². The van der Waals surface area contributed by atoms with Crippen molar-refractivity contribution in [1.82, 2.24) is 34.2 Å². The Labute approximate surface area is 199 Å². The van der Waals surface area contributed by atoms with Crippen LogP contribution < -0.4 is 11.2 Å². The lowest BCUT2D eigenvalue weighted by molar-refractivity contribution is -0.127. The van der Waals surface area contributed by atoms with Crippen LogP contribution in [0.2, 0.25) is 0 Å². The van der Waals surface area contributed by atoms with Gasteiger partial charge in [-0.15, -0.1) is 0 Å². The predicted molar refractivity (Wildman–Crippen MR) is 128 cm³/mol. The van der Waals surface area contributed by atoms with Crippen molar-refractivity contribution < 1.29 is 9.59 Å². The fourth-order valence-corrected chi connectivity index (χ4v) is 4.35. The van der Waals surface area contributed by atoms with Crippen molar-refractivity contribution in [3.8, 4) is 17.2 Å². The Morgan fingerprint density at radius 1 is 1.11 bits per heavy atom. The number of rotatable bonds is 5. The third kappa shape index (κ3) is 4.07. The van der Waals surface area contributed by atoms with E-state index in [4.69, 9.17) is 10.8 Å². The van der Waals surface area contributed by atoms with E-state index in [0.29, 0.717) is 41.2 Å². The smallest absolute Gasteiger partial charge is 0.252 e. The molecule has 0 bridgehead atoms. The molecule has 0 aromatic carbocycles. The van der Waals surface area contributed by atoms with Crippen LogP contribution in [-0.2, 0) is 4.79 Å². The van der Waals surface area contributed by atoms with Crippen molar-refractivity contribution in [2.75, 3.05) is 13.1 Å². The fraction of sp³-hybridized carbons (Fsp3) is 0.208. The Hall–Kier alpha value is -4.67. The maximum atomic E-state index is 12.3. The average Bonchev–Trinajstić information content (AvgIpc) is 3.28. The van der Waals surface area contributed by atoms with Gasteiger partial charge in [0.1, 0.15) is 5.69 Å². The Bertz CT molecular complexity index is 1490. The van der Waals surface area contributed by atoms with E-state index in [1.54, 1.807) is 45.1 Å². The average molecular weight is 470 g/mol. The first-order chi connectivity index (χ1) is 17.0. The lowest BCUT2D eigenvalue weighted by Gasteiger charge is -2.32. The van der Waals surface area contributed by atoms with Gasteiger partial charge < -0.3 is 10.6 Å². The Morgan fingerprint density at radius 3 is 2.54 bits per heavy atom. The number of nitrogens with two attached hydrogens (primary N) is 1. The minimum atomic E-state index is -0.615. The molecule has 4 aromatic rings. The van der Waals surface area contributed by atoms with E-state index in [1.807, 2.05) is 0 Å². The van der Waals surface area contributed by atoms with Crippen molar-refractivity contribution in [3.63, 3.8) is 0 Å². The van der Waals surface area contributed by atoms with Crippen LogP contribution in [0.1, 0.15) is 29.2 Å². The molecule has 0 unspecified atom stereocenters. The van der Waals surface area contributed by atoms with E-state index in [9.17, 15) is 14.4 Å². The maximum Gasteiger partial charge on any atom is 0.252 e. The van der Waals surface area contributed by atoms with Gasteiger partial charge in [-0.1, -0.05) is 6.58 Å². The lowest BCUT2D eigenvalue weighted by Crippen LogP contribution is -2.40. The molecule has 0 radical (unpaired) electrons. The van der Waals surface area contributed by atoms with Gasteiger partial charge in [-0.2, -0.15) is 5.10 Å². The van der Waals surface area contributed by atoms with Crippen LogP contribution in [0.15, 0.2) is 66.8 Å². The van der Waals surface area contributed by atoms with Crippen LogP contribution in [0, 0.1) is 0 Å². The van der Waals surface area contributed by atoms with Gasteiger partial charge in [0.2, 0.25) is 11.9 Å². The number of hydrogen-bond acceptors (Lipinski definition) is 7. The van der Waals surface area contributed by atoms with Gasteiger partial charge in [0, 0.05) is 73.4 Å². The van der Waals surface area contributed by atoms with Crippen LogP contribution in [0.3, 0.4) is 0 Å². The number of fused-ring (bicyclic) bond motifs is 1. The van der Waals surface area contributed by atoms with Crippen molar-refractivity contribution in [2.45, 2.75) is 18.9 Å². The fourth-order valence-electron chi connectivity index (χ4n) is 4.35. The molecule has 4 aromatic heterocycles. The summed E-state index contributed by atoms with van der Waals surface area (Å²) in [5.41, 5.74) is 7.54. The van der Waals surface area contributed by atoms with Gasteiger partial charge in [0.15, 0.2) is 5.43 Å². The zero-order valence-electron chi connectivity index (χ0n) is 18.7. The summed E-state index contributed by atoms with van der Waals surface area (Å²) >= 11 is 0. The Morgan fingerprint density at radius 2 is 1.86 bits per heavy atom. The summed E-state index contributed by atoms with van der Waals surface area (Å²) in [6, 6.07) is 2.69. The Kier molecular flexibility index (Phi) is 5.65. The topological polar surface area (TPSA) is 142 Å². The maximum absolute atomic E-state index is 12.3. The second-order valence-corrected chi connectivity index (χ2v) is 8.24. The molecule has 11 heteroatoms. The summed E-state index contributed by atoms with van der Waals surface area (Å²) in [5.74, 6) is -0.371. The molecule has 35 heavy (non-hydrogen) atoms. The quantitative estimate of drug-likeness (QED) is 0.436. The SMILES string of the molecule is C=CC(=O)N1CCC[C@@H](n2nc(-c3cnc(-n4ccc(=O)cc4)nc3)c3cncc(C(N)=O)c32)C1. The molecule has 5 heterocycles. The lowest BCUT2D eigenvalue weighted by atomic mass is 10.0. The molecular formula is C24H22N8O3. The first-order valence-electron chi connectivity index (χ1n) is 11.0. The van der Waals surface area contributed by atoms with Crippen molar-refractivity contribution in [3.05, 3.63) is 77.8 Å². The predicted octanol–water partition coefficient (Wildman–Crippen LogP) is 1.49. The zero-order valence-corrected chi connectivity index (χ0v) is 18.7. The summed E-state index contributed by atoms with van der Waals surface area (Å²) in [4.78, 5) is 50.6. The summed E-state index contributed by atoms with van der Waals surface area (Å²) in [7, 11) is 0. The number of primary amides is 1. The number of pyridine rings is 2. The van der Waals surface area contributed by atoms with E-state index < -0.39 is 5.91 Å². The number of piperidine rings is 1. The number of amides is 2. The largest absolute Gasteiger partial charge is 0.365 e. The van der Waals surface area contributed by atoms with Crippen LogP contribution >= 0.6 is 0 Å². The van der Waals surface area contributed by atoms with Crippen LogP contribution in [0.4, 0.5) is 0 Å². The molecule has 1 fully saturated rings. The first kappa shape index (κ1) is 22.1. The molecule has 0 saturated carbocycles. The molecule has 5 rings (SSSR count). The standard InChI is InChI=1S/C24H22N8O3/c1-2-20(34)31-7-3-4-16(14-31)32-22-18(12-26-13-19(22)23(25)35)21(29-32)15-10-27-24(28-11-15)30-8-5-17(33)6-9-30/h2,5-6,8-13,16H,1,3-4,7,14H2,(H2,25,35)/t16-/m1/s1. The van der Waals surface area contributed by atoms with Gasteiger partial charge in [-0.25, -0.2) is 9.97 Å². The van der Waals surface area contributed by atoms with Crippen LogP contribution in [-0.4, -0.2) is 59.1 Å². The molecule has 0 spiro atoms. The molecule has 1 aliphatic rings. The van der Waals surface area contributed by atoms with Crippen LogP contribution in [0.5, 0.6) is 0 Å². The molecule has 1 saturated heterocycles. The van der Waals surface area contributed by atoms with Gasteiger partial charge in [0.25, 0.3) is 5.91 Å². The highest BCUT2D eigenvalue weighted by atomic mass is 16.2. The number of aromatic nitrogens is 6. The molecule has 2 amide bonds. The number of hydrogen-bond donors (Lipinski definition) is 1. The van der Waals surface area contributed by atoms with Gasteiger partial charge in [-0.05, 0) is 18.9 Å². The highest BCUT2D eigenvalue weighted by molar-refractivity contribution is 6.07. The summed E-state index contributed by atoms with van der Waals surface area (Å²) in [5, 5.41) is 5.47. The number of carbonyl (C=O) groups is 2. The van der Waals surface area contributed by atoms with Crippen molar-refractivity contribution in [2.24, 2.45) is 5.73 Å². The van der Waals surface area contributed by atoms with Gasteiger partial charge >= 0.3 is 0 Å². The van der Waals surface area contributed by atoms with Gasteiger partial charge in [0.05, 0.1) is 17.1 Å². The molecule has 0 aliphatic carbocycles. The second kappa shape index (κ2) is 8.93. The van der Waals surface area contributed by atoms with E-state index in [-0.39, 0.29) is 22.9 Å². The number of nitrogens with zero attached hydrogens (tertiary/aromatic N) is 7. The third-order valence-electron chi connectivity index (χ3n) is 6.05. The minimum Gasteiger partial charge on any atom is -0.365 e.